The molecule has 0 radical (unpaired) electrons. The zero-order chi connectivity index (χ0) is 19.7. The fraction of sp³-hybridized carbons (Fsp3) is 0.636. The van der Waals surface area contributed by atoms with Crippen LogP contribution >= 0.6 is 0 Å². The van der Waals surface area contributed by atoms with Crippen LogP contribution in [0.4, 0.5) is 4.79 Å². The molecule has 6 heteroatoms. The van der Waals surface area contributed by atoms with E-state index in [-0.39, 0.29) is 23.5 Å². The Labute approximate surface area is 167 Å². The van der Waals surface area contributed by atoms with Gasteiger partial charge in [-0.3, -0.25) is 4.79 Å². The Hall–Kier alpha value is -2.24. The minimum atomic E-state index is -0.279. The highest BCUT2D eigenvalue weighted by atomic mass is 16.5. The van der Waals surface area contributed by atoms with Crippen LogP contribution < -0.4 is 10.1 Å². The van der Waals surface area contributed by atoms with Gasteiger partial charge in [0.25, 0.3) is 0 Å². The van der Waals surface area contributed by atoms with Crippen molar-refractivity contribution < 1.29 is 14.3 Å². The Morgan fingerprint density at radius 1 is 1.21 bits per heavy atom. The molecule has 1 aromatic rings. The number of para-hydroxylation sites is 1. The number of piperidine rings is 1. The second kappa shape index (κ2) is 7.64. The third-order valence-corrected chi connectivity index (χ3v) is 6.53. The number of hydrogen-bond acceptors (Lipinski definition) is 3. The van der Waals surface area contributed by atoms with E-state index in [1.807, 2.05) is 23.1 Å². The van der Waals surface area contributed by atoms with Crippen molar-refractivity contribution in [2.75, 3.05) is 27.2 Å². The van der Waals surface area contributed by atoms with E-state index in [2.05, 4.69) is 11.4 Å². The third-order valence-electron chi connectivity index (χ3n) is 6.53. The van der Waals surface area contributed by atoms with Gasteiger partial charge in [-0.1, -0.05) is 18.2 Å². The Morgan fingerprint density at radius 3 is 2.57 bits per heavy atom. The number of carbonyl (C=O) groups excluding carboxylic acids is 2. The highest BCUT2D eigenvalue weighted by Gasteiger charge is 2.44. The molecule has 0 aromatic heterocycles. The Bertz CT molecular complexity index is 736. The number of carbonyl (C=O) groups is 2. The number of nitrogens with zero attached hydrogens (tertiary/aromatic N) is 2. The summed E-state index contributed by atoms with van der Waals surface area (Å²) in [7, 11) is 3.58. The Balaban J connectivity index is 1.47. The lowest BCUT2D eigenvalue weighted by atomic mass is 9.76. The predicted molar refractivity (Wildman–Crippen MR) is 107 cm³/mol. The van der Waals surface area contributed by atoms with Gasteiger partial charge in [-0.15, -0.1) is 0 Å². The van der Waals surface area contributed by atoms with Crippen molar-refractivity contribution in [3.8, 4) is 5.75 Å². The molecule has 1 aliphatic carbocycles. The maximum atomic E-state index is 12.6. The van der Waals surface area contributed by atoms with Crippen LogP contribution in [0.15, 0.2) is 24.3 Å². The number of nitrogens with one attached hydrogen (secondary N) is 1. The van der Waals surface area contributed by atoms with E-state index in [4.69, 9.17) is 4.74 Å². The highest BCUT2D eigenvalue weighted by molar-refractivity contribution is 5.77. The lowest BCUT2D eigenvalue weighted by molar-refractivity contribution is -0.123. The first-order chi connectivity index (χ1) is 13.5. The van der Waals surface area contributed by atoms with Crippen LogP contribution in [-0.2, 0) is 4.79 Å². The van der Waals surface area contributed by atoms with Gasteiger partial charge in [0.05, 0.1) is 0 Å². The summed E-state index contributed by atoms with van der Waals surface area (Å²) in [5.74, 6) is 1.23. The van der Waals surface area contributed by atoms with E-state index in [9.17, 15) is 9.59 Å². The average Bonchev–Trinajstić information content (AvgIpc) is 2.65. The van der Waals surface area contributed by atoms with Gasteiger partial charge in [0, 0.05) is 58.4 Å². The summed E-state index contributed by atoms with van der Waals surface area (Å²) in [5.41, 5.74) is 0.863. The van der Waals surface area contributed by atoms with Crippen molar-refractivity contribution in [2.45, 2.75) is 62.5 Å². The maximum Gasteiger partial charge on any atom is 0.319 e. The van der Waals surface area contributed by atoms with E-state index < -0.39 is 0 Å². The molecule has 2 aliphatic heterocycles. The molecule has 3 aliphatic rings. The molecule has 152 valence electrons. The zero-order valence-corrected chi connectivity index (χ0v) is 16.9. The predicted octanol–water partition coefficient (Wildman–Crippen LogP) is 3.13. The first-order valence-electron chi connectivity index (χ1n) is 10.5. The van der Waals surface area contributed by atoms with Gasteiger partial charge in [0.2, 0.25) is 5.91 Å². The van der Waals surface area contributed by atoms with Gasteiger partial charge >= 0.3 is 6.03 Å². The van der Waals surface area contributed by atoms with Gasteiger partial charge in [-0.05, 0) is 37.3 Å². The highest BCUT2D eigenvalue weighted by Crippen LogP contribution is 2.46. The van der Waals surface area contributed by atoms with Gasteiger partial charge in [-0.2, -0.15) is 0 Å². The molecule has 1 N–H and O–H groups in total. The van der Waals surface area contributed by atoms with Crippen molar-refractivity contribution in [3.05, 3.63) is 29.8 Å². The van der Waals surface area contributed by atoms with Gasteiger partial charge in [0.15, 0.2) is 0 Å². The number of benzene rings is 1. The fourth-order valence-electron chi connectivity index (χ4n) is 4.68. The molecule has 3 amide bonds. The number of fused-ring (bicyclic) bond motifs is 1. The summed E-state index contributed by atoms with van der Waals surface area (Å²) in [6.07, 6.45) is 6.40. The molecule has 2 fully saturated rings. The van der Waals surface area contributed by atoms with E-state index >= 15 is 0 Å². The van der Waals surface area contributed by atoms with Gasteiger partial charge < -0.3 is 19.9 Å². The molecule has 1 spiro atoms. The lowest BCUT2D eigenvalue weighted by Crippen LogP contribution is -2.53. The molecule has 1 saturated carbocycles. The number of likely N-dealkylation sites (tertiary alicyclic amines) is 1. The van der Waals surface area contributed by atoms with Crippen molar-refractivity contribution in [2.24, 2.45) is 0 Å². The van der Waals surface area contributed by atoms with Crippen LogP contribution in [0.1, 0.15) is 56.4 Å². The topological polar surface area (TPSA) is 61.9 Å². The second-order valence-corrected chi connectivity index (χ2v) is 8.79. The summed E-state index contributed by atoms with van der Waals surface area (Å²) >= 11 is 0. The molecular weight excluding hydrogens is 354 g/mol. The molecule has 28 heavy (non-hydrogen) atoms. The Kier molecular flexibility index (Phi) is 5.21. The summed E-state index contributed by atoms with van der Waals surface area (Å²) in [6, 6.07) is 8.56. The maximum absolute atomic E-state index is 12.6. The fourth-order valence-corrected chi connectivity index (χ4v) is 4.68. The first-order valence-corrected chi connectivity index (χ1v) is 10.5. The van der Waals surface area contributed by atoms with Crippen LogP contribution in [0.3, 0.4) is 0 Å². The van der Waals surface area contributed by atoms with Crippen molar-refractivity contribution in [1.29, 1.82) is 0 Å². The van der Waals surface area contributed by atoms with Gasteiger partial charge in [0.1, 0.15) is 11.4 Å². The summed E-state index contributed by atoms with van der Waals surface area (Å²) < 4.78 is 6.49. The average molecular weight is 386 g/mol. The van der Waals surface area contributed by atoms with E-state index in [1.54, 1.807) is 19.0 Å². The van der Waals surface area contributed by atoms with E-state index in [0.717, 1.165) is 43.4 Å². The smallest absolute Gasteiger partial charge is 0.319 e. The largest absolute Gasteiger partial charge is 0.487 e. The van der Waals surface area contributed by atoms with Crippen molar-refractivity contribution in [3.63, 3.8) is 0 Å². The molecule has 4 rings (SSSR count). The Morgan fingerprint density at radius 2 is 1.93 bits per heavy atom. The number of amides is 3. The molecule has 6 nitrogen and oxygen atoms in total. The van der Waals surface area contributed by atoms with Crippen LogP contribution in [0, 0.1) is 0 Å². The second-order valence-electron chi connectivity index (χ2n) is 8.79. The van der Waals surface area contributed by atoms with Crippen molar-refractivity contribution >= 4 is 11.9 Å². The SMILES string of the molecule is CN(C)C(=O)N1CCC2(CC1)C[C@H](CC(=O)NC1CCC1)c1ccccc1O2. The number of hydrogen-bond donors (Lipinski definition) is 1. The van der Waals surface area contributed by atoms with E-state index in [1.165, 1.54) is 6.42 Å². The summed E-state index contributed by atoms with van der Waals surface area (Å²) in [6.45, 7) is 1.39. The molecule has 1 aromatic carbocycles. The summed E-state index contributed by atoms with van der Waals surface area (Å²) in [5, 5.41) is 3.18. The molecular formula is C22H31N3O3. The third kappa shape index (κ3) is 3.82. The van der Waals surface area contributed by atoms with Crippen LogP contribution in [0.5, 0.6) is 5.75 Å². The molecule has 1 atom stereocenters. The first kappa shape index (κ1) is 19.1. The number of urea groups is 1. The lowest BCUT2D eigenvalue weighted by Gasteiger charge is -2.47. The molecule has 0 bridgehead atoms. The van der Waals surface area contributed by atoms with E-state index in [0.29, 0.717) is 25.6 Å². The van der Waals surface area contributed by atoms with Crippen LogP contribution in [-0.4, -0.2) is 60.6 Å². The zero-order valence-electron chi connectivity index (χ0n) is 16.9. The quantitative estimate of drug-likeness (QED) is 0.870. The minimum absolute atomic E-state index is 0.0579. The molecule has 2 heterocycles. The molecule has 0 unspecified atom stereocenters. The summed E-state index contributed by atoms with van der Waals surface area (Å²) in [4.78, 5) is 28.4. The minimum Gasteiger partial charge on any atom is -0.487 e. The van der Waals surface area contributed by atoms with Crippen molar-refractivity contribution in [1.82, 2.24) is 15.1 Å². The van der Waals surface area contributed by atoms with Gasteiger partial charge in [-0.25, -0.2) is 4.79 Å². The standard InChI is InChI=1S/C22H31N3O3/c1-24(2)21(27)25-12-10-22(11-13-25)15-16(14-20(26)23-17-6-5-7-17)18-8-3-4-9-19(18)28-22/h3-4,8-9,16-17H,5-7,10-15H2,1-2H3,(H,23,26)/t16-/m0/s1. The van der Waals surface area contributed by atoms with Crippen LogP contribution in [0.25, 0.3) is 0 Å². The monoisotopic (exact) mass is 385 g/mol. The van der Waals surface area contributed by atoms with Crippen LogP contribution in [0.2, 0.25) is 0 Å². The number of ether oxygens (including phenoxy) is 1. The molecule has 1 saturated heterocycles. The normalized spacial score (nSPS) is 23.4. The number of rotatable bonds is 3.